The third-order valence-electron chi connectivity index (χ3n) is 2.83. The molecule has 0 saturated carbocycles. The van der Waals surface area contributed by atoms with Crippen LogP contribution < -0.4 is 5.19 Å². The second-order valence-corrected chi connectivity index (χ2v) is 6.29. The van der Waals surface area contributed by atoms with E-state index in [4.69, 9.17) is 23.4 Å². The van der Waals surface area contributed by atoms with Crippen LogP contribution in [-0.4, -0.2) is 61.0 Å². The molecule has 0 aliphatic heterocycles. The molecule has 0 aromatic heterocycles. The van der Waals surface area contributed by atoms with Gasteiger partial charge in [-0.15, -0.1) is 0 Å². The maximum absolute atomic E-state index is 10.7. The molecule has 0 spiro atoms. The summed E-state index contributed by atoms with van der Waals surface area (Å²) in [6.45, 7) is 1.91. The largest absolute Gasteiger partial charge is 0.481 e. The number of methoxy groups -OCH3 is 2. The van der Waals surface area contributed by atoms with Gasteiger partial charge >= 0.3 is 15.3 Å². The molecule has 0 aliphatic carbocycles. The van der Waals surface area contributed by atoms with E-state index < -0.39 is 15.3 Å². The van der Waals surface area contributed by atoms with Gasteiger partial charge in [0.15, 0.2) is 0 Å². The fourth-order valence-corrected chi connectivity index (χ4v) is 3.24. The summed E-state index contributed by atoms with van der Waals surface area (Å²) in [5.41, 5.74) is 0.966. The van der Waals surface area contributed by atoms with Crippen LogP contribution in [0.3, 0.4) is 0 Å². The zero-order valence-corrected chi connectivity index (χ0v) is 14.0. The Morgan fingerprint density at radius 2 is 1.73 bits per heavy atom. The molecule has 6 nitrogen and oxygen atoms in total. The molecule has 0 aliphatic rings. The molecule has 7 heteroatoms. The summed E-state index contributed by atoms with van der Waals surface area (Å²) in [7, 11) is 1.60. The minimum absolute atomic E-state index is 0.112. The molecule has 123 valence electrons. The number of rotatable bonds is 12. The van der Waals surface area contributed by atoms with E-state index in [1.165, 1.54) is 0 Å². The third-order valence-corrected chi connectivity index (χ3v) is 4.55. The van der Waals surface area contributed by atoms with Crippen LogP contribution in [0.25, 0.3) is 0 Å². The van der Waals surface area contributed by atoms with Crippen LogP contribution >= 0.6 is 0 Å². The molecule has 1 radical (unpaired) electrons. The highest BCUT2D eigenvalue weighted by Crippen LogP contribution is 2.03. The predicted molar refractivity (Wildman–Crippen MR) is 83.4 cm³/mol. The first kappa shape index (κ1) is 18.8. The van der Waals surface area contributed by atoms with E-state index in [2.05, 4.69) is 0 Å². The van der Waals surface area contributed by atoms with Gasteiger partial charge in [-0.25, -0.2) is 0 Å². The van der Waals surface area contributed by atoms with E-state index in [-0.39, 0.29) is 6.42 Å². The van der Waals surface area contributed by atoms with Gasteiger partial charge in [-0.05, 0) is 17.2 Å². The smallest absolute Gasteiger partial charge is 0.423 e. The number of hydrogen-bond acceptors (Lipinski definition) is 5. The van der Waals surface area contributed by atoms with Crippen molar-refractivity contribution in [3.63, 3.8) is 0 Å². The Hall–Kier alpha value is -1.25. The fourth-order valence-electron chi connectivity index (χ4n) is 1.75. The van der Waals surface area contributed by atoms with Gasteiger partial charge in [0.2, 0.25) is 0 Å². The Morgan fingerprint density at radius 3 is 2.27 bits per heavy atom. The lowest BCUT2D eigenvalue weighted by Crippen LogP contribution is -2.39. The van der Waals surface area contributed by atoms with E-state index in [1.54, 1.807) is 14.2 Å². The Balaban J connectivity index is 2.69. The minimum atomic E-state index is -1.63. The maximum atomic E-state index is 10.7. The van der Waals surface area contributed by atoms with Crippen molar-refractivity contribution >= 4 is 20.4 Å². The van der Waals surface area contributed by atoms with E-state index in [0.717, 1.165) is 10.8 Å². The molecule has 1 rings (SSSR count). The summed E-state index contributed by atoms with van der Waals surface area (Å²) < 4.78 is 21.5. The first-order valence-corrected chi connectivity index (χ1v) is 8.40. The lowest BCUT2D eigenvalue weighted by Gasteiger charge is -2.16. The third kappa shape index (κ3) is 7.67. The quantitative estimate of drug-likeness (QED) is 0.450. The van der Waals surface area contributed by atoms with E-state index in [9.17, 15) is 4.79 Å². The molecule has 1 aromatic carbocycles. The molecule has 0 atom stereocenters. The van der Waals surface area contributed by atoms with Crippen molar-refractivity contribution in [1.29, 1.82) is 0 Å². The van der Waals surface area contributed by atoms with Crippen LogP contribution in [0.4, 0.5) is 0 Å². The summed E-state index contributed by atoms with van der Waals surface area (Å²) in [5.74, 6) is -0.802. The fraction of sp³-hybridized carbons (Fsp3) is 0.533. The maximum Gasteiger partial charge on any atom is 0.423 e. The van der Waals surface area contributed by atoms with Crippen molar-refractivity contribution in [3.8, 4) is 0 Å². The molecule has 0 heterocycles. The highest BCUT2D eigenvalue weighted by molar-refractivity contribution is 6.61. The Bertz CT molecular complexity index is 430. The van der Waals surface area contributed by atoms with Gasteiger partial charge in [0.05, 0.1) is 26.4 Å². The number of carbonyl (C=O) groups is 1. The molecular weight excluding hydrogens is 304 g/mol. The van der Waals surface area contributed by atoms with Crippen molar-refractivity contribution in [2.24, 2.45) is 0 Å². The first-order valence-electron chi connectivity index (χ1n) is 7.09. The summed E-state index contributed by atoms with van der Waals surface area (Å²) in [5, 5.41) is 9.73. The van der Waals surface area contributed by atoms with Crippen LogP contribution in [0.5, 0.6) is 0 Å². The second kappa shape index (κ2) is 11.3. The summed E-state index contributed by atoms with van der Waals surface area (Å²) in [6.07, 6.45) is 0.606. The van der Waals surface area contributed by atoms with Crippen LogP contribution in [0, 0.1) is 0 Å². The van der Waals surface area contributed by atoms with Crippen LogP contribution in [0.2, 0.25) is 0 Å². The van der Waals surface area contributed by atoms with E-state index in [1.807, 2.05) is 24.3 Å². The van der Waals surface area contributed by atoms with Crippen LogP contribution in [0.1, 0.15) is 12.0 Å². The van der Waals surface area contributed by atoms with Crippen molar-refractivity contribution in [2.75, 3.05) is 40.6 Å². The molecule has 0 saturated heterocycles. The zero-order chi connectivity index (χ0) is 16.2. The highest BCUT2D eigenvalue weighted by atomic mass is 28.3. The van der Waals surface area contributed by atoms with Crippen LogP contribution in [0.15, 0.2) is 24.3 Å². The molecule has 0 bridgehead atoms. The summed E-state index contributed by atoms with van der Waals surface area (Å²) >= 11 is 0. The lowest BCUT2D eigenvalue weighted by molar-refractivity contribution is -0.136. The normalized spacial score (nSPS) is 11.0. The van der Waals surface area contributed by atoms with Gasteiger partial charge < -0.3 is 23.4 Å². The SMILES string of the molecule is COCCO[Si](OCCOC)c1cccc(CCC(=O)O)c1. The van der Waals surface area contributed by atoms with Crippen molar-refractivity contribution in [3.05, 3.63) is 29.8 Å². The number of hydrogen-bond donors (Lipinski definition) is 1. The number of aryl methyl sites for hydroxylation is 1. The van der Waals surface area contributed by atoms with E-state index >= 15 is 0 Å². The van der Waals surface area contributed by atoms with Gasteiger partial charge in [-0.2, -0.15) is 0 Å². The number of ether oxygens (including phenoxy) is 2. The standard InChI is InChI=1S/C15H23O6Si/c1-18-8-10-20-22(21-11-9-19-2)14-5-3-4-13(12-14)6-7-15(16)17/h3-5,12H,6-11H2,1-2H3,(H,16,17). The molecular formula is C15H23O6Si. The summed E-state index contributed by atoms with van der Waals surface area (Å²) in [4.78, 5) is 10.7. The topological polar surface area (TPSA) is 74.2 Å². The highest BCUT2D eigenvalue weighted by Gasteiger charge is 2.19. The van der Waals surface area contributed by atoms with Gasteiger partial charge in [-0.3, -0.25) is 4.79 Å². The molecule has 0 amide bonds. The molecule has 0 fully saturated rings. The molecule has 22 heavy (non-hydrogen) atoms. The Kier molecular flexibility index (Phi) is 9.68. The van der Waals surface area contributed by atoms with Crippen molar-refractivity contribution in [1.82, 2.24) is 0 Å². The number of aliphatic carboxylic acids is 1. The molecule has 0 unspecified atom stereocenters. The van der Waals surface area contributed by atoms with Crippen molar-refractivity contribution in [2.45, 2.75) is 12.8 Å². The predicted octanol–water partition coefficient (Wildman–Crippen LogP) is 0.725. The number of benzene rings is 1. The van der Waals surface area contributed by atoms with Gasteiger partial charge in [0, 0.05) is 20.6 Å². The Morgan fingerprint density at radius 1 is 1.09 bits per heavy atom. The lowest BCUT2D eigenvalue weighted by atomic mass is 10.1. The zero-order valence-electron chi connectivity index (χ0n) is 13.0. The monoisotopic (exact) mass is 327 g/mol. The minimum Gasteiger partial charge on any atom is -0.481 e. The molecule has 1 aromatic rings. The average Bonchev–Trinajstić information content (AvgIpc) is 2.52. The van der Waals surface area contributed by atoms with Gasteiger partial charge in [-0.1, -0.05) is 24.3 Å². The first-order chi connectivity index (χ1) is 10.7. The summed E-state index contributed by atoms with van der Waals surface area (Å²) in [6, 6.07) is 7.71. The van der Waals surface area contributed by atoms with Crippen molar-refractivity contribution < 1.29 is 28.2 Å². The number of carboxylic acids is 1. The van der Waals surface area contributed by atoms with Crippen LogP contribution in [-0.2, 0) is 29.5 Å². The van der Waals surface area contributed by atoms with E-state index in [0.29, 0.717) is 32.8 Å². The van der Waals surface area contributed by atoms with Gasteiger partial charge in [0.25, 0.3) is 0 Å². The second-order valence-electron chi connectivity index (χ2n) is 4.56. The average molecular weight is 327 g/mol. The molecule has 1 N–H and O–H groups in total. The Labute approximate surface area is 132 Å². The van der Waals surface area contributed by atoms with Gasteiger partial charge in [0.1, 0.15) is 0 Å². The number of carboxylic acid groups (broad SMARTS) is 1.